The molecule has 0 amide bonds. The lowest BCUT2D eigenvalue weighted by Gasteiger charge is -2.08. The Balaban J connectivity index is 1.94. The summed E-state index contributed by atoms with van der Waals surface area (Å²) in [4.78, 5) is 8.31. The number of guanidine groups is 1. The number of pyridine rings is 1. The van der Waals surface area contributed by atoms with Gasteiger partial charge < -0.3 is 10.6 Å². The van der Waals surface area contributed by atoms with E-state index >= 15 is 0 Å². The Bertz CT molecular complexity index is 346. The predicted octanol–water partition coefficient (Wildman–Crippen LogP) is 0.439. The van der Waals surface area contributed by atoms with Gasteiger partial charge in [0.05, 0.1) is 6.54 Å². The maximum absolute atomic E-state index is 4.26. The quantitative estimate of drug-likeness (QED) is 0.711. The normalized spacial score (nSPS) is 14.8. The van der Waals surface area contributed by atoms with Crippen LogP contribution in [0.5, 0.6) is 0 Å². The summed E-state index contributed by atoms with van der Waals surface area (Å²) in [6, 6.07) is 2.03. The molecular formula is C10H14N4. The van der Waals surface area contributed by atoms with Gasteiger partial charge >= 0.3 is 0 Å². The number of nitrogens with one attached hydrogen (secondary N) is 2. The molecule has 0 fully saturated rings. The van der Waals surface area contributed by atoms with Crippen LogP contribution >= 0.6 is 0 Å². The topological polar surface area (TPSA) is 49.3 Å². The Morgan fingerprint density at radius 1 is 1.57 bits per heavy atom. The molecule has 4 nitrogen and oxygen atoms in total. The molecule has 14 heavy (non-hydrogen) atoms. The van der Waals surface area contributed by atoms with Crippen LogP contribution in [0.1, 0.15) is 11.1 Å². The molecule has 0 saturated carbocycles. The number of aliphatic imine (C=N–C) groups is 1. The highest BCUT2D eigenvalue weighted by molar-refractivity contribution is 5.81. The summed E-state index contributed by atoms with van der Waals surface area (Å²) in [7, 11) is 0. The summed E-state index contributed by atoms with van der Waals surface area (Å²) in [5.74, 6) is 0.904. The molecule has 1 aliphatic rings. The second kappa shape index (κ2) is 4.09. The van der Waals surface area contributed by atoms with Crippen LogP contribution in [0.2, 0.25) is 0 Å². The summed E-state index contributed by atoms with van der Waals surface area (Å²) in [6.45, 7) is 4.68. The molecule has 0 spiro atoms. The number of nitrogens with zero attached hydrogens (tertiary/aromatic N) is 2. The third-order valence-electron chi connectivity index (χ3n) is 2.26. The number of hydrogen-bond acceptors (Lipinski definition) is 4. The van der Waals surface area contributed by atoms with Crippen molar-refractivity contribution in [2.24, 2.45) is 4.99 Å². The average molecular weight is 190 g/mol. The van der Waals surface area contributed by atoms with Crippen molar-refractivity contribution in [3.05, 3.63) is 29.6 Å². The van der Waals surface area contributed by atoms with E-state index < -0.39 is 0 Å². The molecule has 0 radical (unpaired) electrons. The van der Waals surface area contributed by atoms with Crippen molar-refractivity contribution < 1.29 is 0 Å². The summed E-state index contributed by atoms with van der Waals surface area (Å²) in [5.41, 5.74) is 2.47. The van der Waals surface area contributed by atoms with Crippen molar-refractivity contribution in [1.29, 1.82) is 0 Å². The van der Waals surface area contributed by atoms with Crippen molar-refractivity contribution in [3.63, 3.8) is 0 Å². The minimum absolute atomic E-state index is 0.806. The number of aromatic nitrogens is 1. The molecule has 2 heterocycles. The van der Waals surface area contributed by atoms with Crippen LogP contribution in [0, 0.1) is 6.92 Å². The SMILES string of the molecule is Cc1cnccc1CNC1=NCCN1. The molecule has 1 aliphatic heterocycles. The maximum Gasteiger partial charge on any atom is 0.191 e. The molecule has 0 atom stereocenters. The van der Waals surface area contributed by atoms with Crippen LogP contribution in [-0.4, -0.2) is 24.0 Å². The molecule has 74 valence electrons. The Kier molecular flexibility index (Phi) is 2.62. The van der Waals surface area contributed by atoms with E-state index in [1.165, 1.54) is 11.1 Å². The standard InChI is InChI=1S/C10H14N4/c1-8-6-11-3-2-9(8)7-14-10-12-4-5-13-10/h2-3,6H,4-5,7H2,1H3,(H2,12,13,14). The molecule has 0 saturated heterocycles. The lowest BCUT2D eigenvalue weighted by Crippen LogP contribution is -2.33. The Hall–Kier alpha value is -1.58. The Morgan fingerprint density at radius 3 is 3.21 bits per heavy atom. The smallest absolute Gasteiger partial charge is 0.191 e. The van der Waals surface area contributed by atoms with E-state index in [0.29, 0.717) is 0 Å². The first-order valence-corrected chi connectivity index (χ1v) is 4.78. The molecule has 0 bridgehead atoms. The van der Waals surface area contributed by atoms with Crippen LogP contribution in [0.25, 0.3) is 0 Å². The van der Waals surface area contributed by atoms with Crippen molar-refractivity contribution in [2.75, 3.05) is 13.1 Å². The van der Waals surface area contributed by atoms with E-state index in [0.717, 1.165) is 25.6 Å². The first-order chi connectivity index (χ1) is 6.86. The van der Waals surface area contributed by atoms with Crippen molar-refractivity contribution in [1.82, 2.24) is 15.6 Å². The lowest BCUT2D eigenvalue weighted by atomic mass is 10.1. The van der Waals surface area contributed by atoms with Gasteiger partial charge in [-0.1, -0.05) is 0 Å². The summed E-state index contributed by atoms with van der Waals surface area (Å²) < 4.78 is 0. The second-order valence-electron chi connectivity index (χ2n) is 3.31. The largest absolute Gasteiger partial charge is 0.355 e. The Morgan fingerprint density at radius 2 is 2.50 bits per heavy atom. The molecule has 2 N–H and O–H groups in total. The van der Waals surface area contributed by atoms with Crippen LogP contribution in [0.4, 0.5) is 0 Å². The molecule has 1 aromatic rings. The second-order valence-corrected chi connectivity index (χ2v) is 3.31. The van der Waals surface area contributed by atoms with Gasteiger partial charge in [0, 0.05) is 25.5 Å². The maximum atomic E-state index is 4.26. The predicted molar refractivity (Wildman–Crippen MR) is 56.1 cm³/mol. The highest BCUT2D eigenvalue weighted by atomic mass is 15.2. The zero-order valence-corrected chi connectivity index (χ0v) is 8.25. The van der Waals surface area contributed by atoms with Gasteiger partial charge in [0.25, 0.3) is 0 Å². The molecule has 1 aromatic heterocycles. The lowest BCUT2D eigenvalue weighted by molar-refractivity contribution is 0.859. The summed E-state index contributed by atoms with van der Waals surface area (Å²) in [5, 5.41) is 6.42. The van der Waals surface area contributed by atoms with Gasteiger partial charge in [0.1, 0.15) is 0 Å². The van der Waals surface area contributed by atoms with Crippen LogP contribution in [0.15, 0.2) is 23.5 Å². The van der Waals surface area contributed by atoms with Gasteiger partial charge in [-0.2, -0.15) is 0 Å². The number of rotatable bonds is 2. The van der Waals surface area contributed by atoms with E-state index in [2.05, 4.69) is 27.5 Å². The van der Waals surface area contributed by atoms with Crippen LogP contribution < -0.4 is 10.6 Å². The Labute approximate surface area is 83.5 Å². The highest BCUT2D eigenvalue weighted by Crippen LogP contribution is 2.03. The van der Waals surface area contributed by atoms with Gasteiger partial charge in [-0.05, 0) is 24.1 Å². The van der Waals surface area contributed by atoms with E-state index in [4.69, 9.17) is 0 Å². The summed E-state index contributed by atoms with van der Waals surface area (Å²) >= 11 is 0. The van der Waals surface area contributed by atoms with Crippen molar-refractivity contribution in [2.45, 2.75) is 13.5 Å². The monoisotopic (exact) mass is 190 g/mol. The summed E-state index contributed by atoms with van der Waals surface area (Å²) in [6.07, 6.45) is 3.69. The zero-order chi connectivity index (χ0) is 9.80. The van der Waals surface area contributed by atoms with E-state index in [9.17, 15) is 0 Å². The molecule has 2 rings (SSSR count). The fraction of sp³-hybridized carbons (Fsp3) is 0.400. The van der Waals surface area contributed by atoms with Crippen LogP contribution in [-0.2, 0) is 6.54 Å². The third-order valence-corrected chi connectivity index (χ3v) is 2.26. The highest BCUT2D eigenvalue weighted by Gasteiger charge is 2.04. The van der Waals surface area contributed by atoms with Gasteiger partial charge in [0.2, 0.25) is 0 Å². The van der Waals surface area contributed by atoms with Crippen molar-refractivity contribution in [3.8, 4) is 0 Å². The molecule has 0 aromatic carbocycles. The van der Waals surface area contributed by atoms with Gasteiger partial charge in [0.15, 0.2) is 5.96 Å². The van der Waals surface area contributed by atoms with Gasteiger partial charge in [-0.15, -0.1) is 0 Å². The minimum atomic E-state index is 0.806. The van der Waals surface area contributed by atoms with E-state index in [1.807, 2.05) is 18.5 Å². The van der Waals surface area contributed by atoms with E-state index in [-0.39, 0.29) is 0 Å². The number of aryl methyl sites for hydroxylation is 1. The van der Waals surface area contributed by atoms with E-state index in [1.54, 1.807) is 0 Å². The average Bonchev–Trinajstić information content (AvgIpc) is 2.69. The minimum Gasteiger partial charge on any atom is -0.355 e. The molecular weight excluding hydrogens is 176 g/mol. The molecule has 0 aliphatic carbocycles. The zero-order valence-electron chi connectivity index (χ0n) is 8.25. The van der Waals surface area contributed by atoms with Crippen molar-refractivity contribution >= 4 is 5.96 Å². The third kappa shape index (κ3) is 2.02. The fourth-order valence-electron chi connectivity index (χ4n) is 1.40. The van der Waals surface area contributed by atoms with Gasteiger partial charge in [-0.3, -0.25) is 9.98 Å². The molecule has 0 unspecified atom stereocenters. The fourth-order valence-corrected chi connectivity index (χ4v) is 1.40. The van der Waals surface area contributed by atoms with Crippen LogP contribution in [0.3, 0.4) is 0 Å². The first-order valence-electron chi connectivity index (χ1n) is 4.78. The first kappa shape index (κ1) is 8.99. The molecule has 4 heteroatoms. The number of hydrogen-bond donors (Lipinski definition) is 2. The van der Waals surface area contributed by atoms with Gasteiger partial charge in [-0.25, -0.2) is 0 Å².